The predicted molar refractivity (Wildman–Crippen MR) is 113 cm³/mol. The van der Waals surface area contributed by atoms with Crippen LogP contribution in [0.4, 0.5) is 0 Å². The molecule has 2 aromatic carbocycles. The predicted octanol–water partition coefficient (Wildman–Crippen LogP) is 3.03. The Balaban J connectivity index is 0.00000225. The van der Waals surface area contributed by atoms with Gasteiger partial charge in [-0.05, 0) is 48.1 Å². The van der Waals surface area contributed by atoms with Crippen LogP contribution < -0.4 is 11.1 Å². The van der Waals surface area contributed by atoms with Crippen molar-refractivity contribution in [1.29, 1.82) is 0 Å². The molecule has 0 radical (unpaired) electrons. The summed E-state index contributed by atoms with van der Waals surface area (Å²) in [6, 6.07) is 14.1. The molecule has 1 saturated heterocycles. The lowest BCUT2D eigenvalue weighted by atomic mass is 9.95. The highest BCUT2D eigenvalue weighted by atomic mass is 35.5. The van der Waals surface area contributed by atoms with Crippen LogP contribution in [0.3, 0.4) is 0 Å². The fourth-order valence-electron chi connectivity index (χ4n) is 3.97. The lowest BCUT2D eigenvalue weighted by molar-refractivity contribution is -0.137. The summed E-state index contributed by atoms with van der Waals surface area (Å²) in [5.41, 5.74) is 6.99. The van der Waals surface area contributed by atoms with Crippen LogP contribution in [0.25, 0.3) is 10.8 Å². The largest absolute Gasteiger partial charge is 0.348 e. The second-order valence-corrected chi connectivity index (χ2v) is 7.80. The molecule has 0 aromatic heterocycles. The Kier molecular flexibility index (Phi) is 6.57. The molecular formula is C22H28ClN3O2. The Bertz CT molecular complexity index is 853. The third-order valence-corrected chi connectivity index (χ3v) is 5.76. The molecule has 1 aliphatic heterocycles. The molecule has 0 bridgehead atoms. The molecule has 1 saturated carbocycles. The Labute approximate surface area is 172 Å². The van der Waals surface area contributed by atoms with E-state index in [1.54, 1.807) is 0 Å². The van der Waals surface area contributed by atoms with E-state index in [9.17, 15) is 9.59 Å². The summed E-state index contributed by atoms with van der Waals surface area (Å²) in [5, 5.41) is 5.43. The van der Waals surface area contributed by atoms with Crippen molar-refractivity contribution in [3.05, 3.63) is 48.0 Å². The zero-order chi connectivity index (χ0) is 18.8. The minimum absolute atomic E-state index is 0. The van der Waals surface area contributed by atoms with E-state index < -0.39 is 0 Å². The summed E-state index contributed by atoms with van der Waals surface area (Å²) < 4.78 is 0. The Morgan fingerprint density at radius 3 is 2.54 bits per heavy atom. The minimum Gasteiger partial charge on any atom is -0.348 e. The molecule has 1 heterocycles. The van der Waals surface area contributed by atoms with E-state index in [-0.39, 0.29) is 42.1 Å². The average Bonchev–Trinajstić information content (AvgIpc) is 3.56. The zero-order valence-electron chi connectivity index (χ0n) is 16.0. The molecule has 150 valence electrons. The molecule has 28 heavy (non-hydrogen) atoms. The van der Waals surface area contributed by atoms with Crippen LogP contribution in [0.2, 0.25) is 0 Å². The van der Waals surface area contributed by atoms with E-state index in [0.717, 1.165) is 43.2 Å². The van der Waals surface area contributed by atoms with Gasteiger partial charge in [0.1, 0.15) is 0 Å². The monoisotopic (exact) mass is 401 g/mol. The molecular weight excluding hydrogens is 374 g/mol. The zero-order valence-corrected chi connectivity index (χ0v) is 16.8. The summed E-state index contributed by atoms with van der Waals surface area (Å²) in [6.45, 7) is 1.67. The van der Waals surface area contributed by atoms with Crippen molar-refractivity contribution in [2.75, 3.05) is 19.6 Å². The first-order chi connectivity index (χ1) is 13.2. The number of nitrogens with two attached hydrogens (primary N) is 1. The molecule has 5 nitrogen and oxygen atoms in total. The lowest BCUT2D eigenvalue weighted by Crippen LogP contribution is -2.47. The number of hydrogen-bond donors (Lipinski definition) is 2. The number of nitrogens with zero attached hydrogens (tertiary/aromatic N) is 1. The van der Waals surface area contributed by atoms with E-state index in [4.69, 9.17) is 5.73 Å². The standard InChI is InChI=1S/C22H27N3O2.ClH/c23-13-20(18-10-7-15-4-1-2-5-17(15)12-18)24-21(26)19-6-3-11-25(14-19)22(27)16-8-9-16;/h1-2,4-5,7,10,12,16,19-20H,3,6,8-9,11,13-14,23H2,(H,24,26);1H. The second kappa shape index (κ2) is 8.93. The molecule has 2 amide bonds. The molecule has 2 fully saturated rings. The van der Waals surface area contributed by atoms with E-state index >= 15 is 0 Å². The Hall–Kier alpha value is -2.11. The number of amides is 2. The van der Waals surface area contributed by atoms with E-state index in [1.165, 1.54) is 5.39 Å². The lowest BCUT2D eigenvalue weighted by Gasteiger charge is -2.33. The van der Waals surface area contributed by atoms with Gasteiger partial charge in [-0.2, -0.15) is 0 Å². The molecule has 2 aromatic rings. The maximum Gasteiger partial charge on any atom is 0.225 e. The normalized spacial score (nSPS) is 20.3. The van der Waals surface area contributed by atoms with Crippen molar-refractivity contribution in [2.24, 2.45) is 17.6 Å². The van der Waals surface area contributed by atoms with Crippen molar-refractivity contribution in [2.45, 2.75) is 31.7 Å². The second-order valence-electron chi connectivity index (χ2n) is 7.80. The summed E-state index contributed by atoms with van der Waals surface area (Å²) in [7, 11) is 0. The minimum atomic E-state index is -0.211. The van der Waals surface area contributed by atoms with Crippen LogP contribution >= 0.6 is 12.4 Å². The molecule has 1 aliphatic carbocycles. The smallest absolute Gasteiger partial charge is 0.225 e. The first kappa shape index (κ1) is 20.6. The van der Waals surface area contributed by atoms with E-state index in [2.05, 4.69) is 29.6 Å². The van der Waals surface area contributed by atoms with Crippen molar-refractivity contribution in [1.82, 2.24) is 10.2 Å². The van der Waals surface area contributed by atoms with Gasteiger partial charge in [0.05, 0.1) is 12.0 Å². The number of piperidine rings is 1. The van der Waals surface area contributed by atoms with Crippen LogP contribution in [0, 0.1) is 11.8 Å². The number of hydrogen-bond acceptors (Lipinski definition) is 3. The van der Waals surface area contributed by atoms with Gasteiger partial charge in [-0.25, -0.2) is 0 Å². The third-order valence-electron chi connectivity index (χ3n) is 5.76. The molecule has 2 aliphatic rings. The number of rotatable bonds is 5. The van der Waals surface area contributed by atoms with Crippen LogP contribution in [-0.4, -0.2) is 36.3 Å². The van der Waals surface area contributed by atoms with Crippen LogP contribution in [-0.2, 0) is 9.59 Å². The molecule has 6 heteroatoms. The molecule has 0 spiro atoms. The van der Waals surface area contributed by atoms with E-state index in [1.807, 2.05) is 23.1 Å². The van der Waals surface area contributed by atoms with Crippen molar-refractivity contribution >= 4 is 35.0 Å². The SMILES string of the molecule is Cl.NCC(NC(=O)C1CCCN(C(=O)C2CC2)C1)c1ccc2ccccc2c1. The van der Waals surface area contributed by atoms with Gasteiger partial charge in [-0.1, -0.05) is 36.4 Å². The first-order valence-corrected chi connectivity index (χ1v) is 9.93. The highest BCUT2D eigenvalue weighted by Gasteiger charge is 2.37. The molecule has 3 N–H and O–H groups in total. The summed E-state index contributed by atoms with van der Waals surface area (Å²) in [4.78, 5) is 27.1. The van der Waals surface area contributed by atoms with Gasteiger partial charge in [0.25, 0.3) is 0 Å². The number of carbonyl (C=O) groups is 2. The van der Waals surface area contributed by atoms with Crippen LogP contribution in [0.1, 0.15) is 37.3 Å². The highest BCUT2D eigenvalue weighted by Crippen LogP contribution is 2.32. The van der Waals surface area contributed by atoms with Gasteiger partial charge in [0, 0.05) is 25.6 Å². The van der Waals surface area contributed by atoms with Gasteiger partial charge in [-0.15, -0.1) is 12.4 Å². The van der Waals surface area contributed by atoms with Gasteiger partial charge in [0.15, 0.2) is 0 Å². The molecule has 2 atom stereocenters. The van der Waals surface area contributed by atoms with Gasteiger partial charge >= 0.3 is 0 Å². The van der Waals surface area contributed by atoms with Gasteiger partial charge < -0.3 is 16.0 Å². The van der Waals surface area contributed by atoms with Gasteiger partial charge in [-0.3, -0.25) is 9.59 Å². The Morgan fingerprint density at radius 1 is 1.07 bits per heavy atom. The maximum absolute atomic E-state index is 12.9. The number of halogens is 1. The number of carbonyl (C=O) groups excluding carboxylic acids is 2. The number of likely N-dealkylation sites (tertiary alicyclic amines) is 1. The molecule has 4 rings (SSSR count). The van der Waals surface area contributed by atoms with Crippen LogP contribution in [0.5, 0.6) is 0 Å². The third kappa shape index (κ3) is 4.47. The maximum atomic E-state index is 12.9. The fourth-order valence-corrected chi connectivity index (χ4v) is 3.97. The van der Waals surface area contributed by atoms with E-state index in [0.29, 0.717) is 13.1 Å². The van der Waals surface area contributed by atoms with Gasteiger partial charge in [0.2, 0.25) is 11.8 Å². The van der Waals surface area contributed by atoms with Crippen LogP contribution in [0.15, 0.2) is 42.5 Å². The fraction of sp³-hybridized carbons (Fsp3) is 0.455. The van der Waals surface area contributed by atoms with Crippen molar-refractivity contribution in [3.8, 4) is 0 Å². The van der Waals surface area contributed by atoms with Crippen molar-refractivity contribution < 1.29 is 9.59 Å². The molecule has 2 unspecified atom stereocenters. The first-order valence-electron chi connectivity index (χ1n) is 9.93. The number of benzene rings is 2. The highest BCUT2D eigenvalue weighted by molar-refractivity contribution is 5.86. The Morgan fingerprint density at radius 2 is 1.82 bits per heavy atom. The number of fused-ring (bicyclic) bond motifs is 1. The topological polar surface area (TPSA) is 75.4 Å². The number of nitrogens with one attached hydrogen (secondary N) is 1. The summed E-state index contributed by atoms with van der Waals surface area (Å²) in [5.74, 6) is 0.307. The van der Waals surface area contributed by atoms with Crippen molar-refractivity contribution in [3.63, 3.8) is 0 Å². The summed E-state index contributed by atoms with van der Waals surface area (Å²) >= 11 is 0. The summed E-state index contributed by atoms with van der Waals surface area (Å²) in [6.07, 6.45) is 3.72. The quantitative estimate of drug-likeness (QED) is 0.808. The average molecular weight is 402 g/mol.